The Morgan fingerprint density at radius 2 is 1.90 bits per heavy atom. The second-order valence-corrected chi connectivity index (χ2v) is 5.18. The fourth-order valence-corrected chi connectivity index (χ4v) is 1.97. The molecular weight excluding hydrogens is 256 g/mol. The summed E-state index contributed by atoms with van der Waals surface area (Å²) in [5, 5.41) is 11.6. The number of rotatable bonds is 7. The van der Waals surface area contributed by atoms with Crippen LogP contribution in [0.1, 0.15) is 42.6 Å². The topological polar surface area (TPSA) is 92.4 Å². The van der Waals surface area contributed by atoms with Crippen LogP contribution in [0.2, 0.25) is 0 Å². The summed E-state index contributed by atoms with van der Waals surface area (Å²) in [6.45, 7) is 4.21. The smallest absolute Gasteiger partial charge is 0.335 e. The van der Waals surface area contributed by atoms with Crippen molar-refractivity contribution in [1.82, 2.24) is 5.32 Å². The van der Waals surface area contributed by atoms with E-state index in [0.29, 0.717) is 19.4 Å². The molecule has 1 amide bonds. The summed E-state index contributed by atoms with van der Waals surface area (Å²) in [7, 11) is 0. The molecule has 20 heavy (non-hydrogen) atoms. The van der Waals surface area contributed by atoms with Gasteiger partial charge in [0.2, 0.25) is 5.91 Å². The van der Waals surface area contributed by atoms with Crippen LogP contribution in [-0.2, 0) is 11.2 Å². The molecule has 5 heteroatoms. The van der Waals surface area contributed by atoms with Gasteiger partial charge in [-0.15, -0.1) is 0 Å². The summed E-state index contributed by atoms with van der Waals surface area (Å²) < 4.78 is 0. The summed E-state index contributed by atoms with van der Waals surface area (Å²) >= 11 is 0. The third kappa shape index (κ3) is 4.66. The highest BCUT2D eigenvalue weighted by atomic mass is 16.4. The van der Waals surface area contributed by atoms with Crippen LogP contribution in [0.4, 0.5) is 0 Å². The Labute approximate surface area is 119 Å². The van der Waals surface area contributed by atoms with Gasteiger partial charge in [-0.1, -0.05) is 25.5 Å². The predicted octanol–water partition coefficient (Wildman–Crippen LogP) is 1.56. The van der Waals surface area contributed by atoms with E-state index in [0.717, 1.165) is 12.0 Å². The number of hydrogen-bond acceptors (Lipinski definition) is 3. The average molecular weight is 278 g/mol. The Kier molecular flexibility index (Phi) is 5.70. The first kappa shape index (κ1) is 16.2. The van der Waals surface area contributed by atoms with Gasteiger partial charge in [0, 0.05) is 6.54 Å². The Bertz CT molecular complexity index is 467. The highest BCUT2D eigenvalue weighted by Crippen LogP contribution is 2.09. The van der Waals surface area contributed by atoms with Gasteiger partial charge in [-0.25, -0.2) is 4.79 Å². The molecular formula is C15H22N2O3. The predicted molar refractivity (Wildman–Crippen MR) is 77.6 cm³/mol. The minimum Gasteiger partial charge on any atom is -0.478 e. The fourth-order valence-electron chi connectivity index (χ4n) is 1.97. The number of nitrogens with one attached hydrogen (secondary N) is 1. The summed E-state index contributed by atoms with van der Waals surface area (Å²) in [4.78, 5) is 22.6. The molecule has 0 aliphatic rings. The van der Waals surface area contributed by atoms with E-state index in [2.05, 4.69) is 5.32 Å². The van der Waals surface area contributed by atoms with Gasteiger partial charge in [0.05, 0.1) is 11.1 Å². The largest absolute Gasteiger partial charge is 0.478 e. The van der Waals surface area contributed by atoms with E-state index in [9.17, 15) is 9.59 Å². The van der Waals surface area contributed by atoms with Crippen molar-refractivity contribution in [1.29, 1.82) is 0 Å². The van der Waals surface area contributed by atoms with Crippen molar-refractivity contribution in [3.8, 4) is 0 Å². The number of carbonyl (C=O) groups is 2. The zero-order valence-corrected chi connectivity index (χ0v) is 12.0. The van der Waals surface area contributed by atoms with Crippen molar-refractivity contribution < 1.29 is 14.7 Å². The summed E-state index contributed by atoms with van der Waals surface area (Å²) in [5.41, 5.74) is 6.33. The molecule has 1 unspecified atom stereocenters. The second-order valence-electron chi connectivity index (χ2n) is 5.18. The molecule has 1 aromatic rings. The summed E-state index contributed by atoms with van der Waals surface area (Å²) in [6.07, 6.45) is 2.15. The van der Waals surface area contributed by atoms with E-state index < -0.39 is 11.5 Å². The molecule has 0 radical (unpaired) electrons. The number of hydrogen-bond donors (Lipinski definition) is 3. The molecule has 0 saturated heterocycles. The first-order valence-electron chi connectivity index (χ1n) is 6.76. The summed E-state index contributed by atoms with van der Waals surface area (Å²) in [5.74, 6) is -1.09. The Morgan fingerprint density at radius 1 is 1.30 bits per heavy atom. The number of aromatic carboxylic acids is 1. The van der Waals surface area contributed by atoms with Crippen LogP contribution in [0.3, 0.4) is 0 Å². The van der Waals surface area contributed by atoms with E-state index in [4.69, 9.17) is 10.8 Å². The van der Waals surface area contributed by atoms with Gasteiger partial charge >= 0.3 is 5.97 Å². The Morgan fingerprint density at radius 3 is 2.40 bits per heavy atom. The molecule has 1 aromatic carbocycles. The maximum atomic E-state index is 11.9. The van der Waals surface area contributed by atoms with Crippen LogP contribution in [0.25, 0.3) is 0 Å². The number of carboxylic acids is 1. The van der Waals surface area contributed by atoms with Gasteiger partial charge in [0.1, 0.15) is 0 Å². The molecule has 1 atom stereocenters. The number of nitrogens with two attached hydrogens (primary N) is 1. The minimum atomic E-state index is -0.941. The average Bonchev–Trinajstić information content (AvgIpc) is 2.39. The van der Waals surface area contributed by atoms with Gasteiger partial charge < -0.3 is 16.2 Å². The van der Waals surface area contributed by atoms with E-state index >= 15 is 0 Å². The first-order chi connectivity index (χ1) is 9.36. The lowest BCUT2D eigenvalue weighted by Gasteiger charge is -2.22. The normalized spacial score (nSPS) is 13.6. The zero-order chi connectivity index (χ0) is 15.2. The molecule has 110 valence electrons. The van der Waals surface area contributed by atoms with Crippen LogP contribution in [-0.4, -0.2) is 29.1 Å². The van der Waals surface area contributed by atoms with Gasteiger partial charge in [-0.2, -0.15) is 0 Å². The van der Waals surface area contributed by atoms with Crippen LogP contribution < -0.4 is 11.1 Å². The number of carbonyl (C=O) groups excluding carboxylic acids is 1. The molecule has 5 nitrogen and oxygen atoms in total. The molecule has 0 saturated carbocycles. The van der Waals surface area contributed by atoms with Crippen LogP contribution >= 0.6 is 0 Å². The molecule has 1 rings (SSSR count). The number of benzene rings is 1. The minimum absolute atomic E-state index is 0.151. The van der Waals surface area contributed by atoms with E-state index in [-0.39, 0.29) is 11.5 Å². The van der Waals surface area contributed by atoms with Gasteiger partial charge in [-0.3, -0.25) is 4.79 Å². The van der Waals surface area contributed by atoms with Crippen molar-refractivity contribution in [3.05, 3.63) is 35.4 Å². The Hall–Kier alpha value is -1.88. The Balaban J connectivity index is 2.44. The SMILES string of the molecule is CCCC(C)(N)C(=O)NCCc1ccc(C(=O)O)cc1. The standard InChI is InChI=1S/C15H22N2O3/c1-3-9-15(2,16)14(20)17-10-8-11-4-6-12(7-5-11)13(18)19/h4-7H,3,8-10,16H2,1-2H3,(H,17,20)(H,18,19). The van der Waals surface area contributed by atoms with Gasteiger partial charge in [0.15, 0.2) is 0 Å². The number of carboxylic acid groups (broad SMARTS) is 1. The second kappa shape index (κ2) is 7.05. The monoisotopic (exact) mass is 278 g/mol. The van der Waals surface area contributed by atoms with Crippen molar-refractivity contribution >= 4 is 11.9 Å². The lowest BCUT2D eigenvalue weighted by atomic mass is 9.96. The lowest BCUT2D eigenvalue weighted by molar-refractivity contribution is -0.126. The van der Waals surface area contributed by atoms with E-state index in [1.54, 1.807) is 31.2 Å². The van der Waals surface area contributed by atoms with Gasteiger partial charge in [0.25, 0.3) is 0 Å². The number of amides is 1. The maximum absolute atomic E-state index is 11.9. The molecule has 0 aliphatic carbocycles. The maximum Gasteiger partial charge on any atom is 0.335 e. The molecule has 0 spiro atoms. The molecule has 0 aliphatic heterocycles. The van der Waals surface area contributed by atoms with Gasteiger partial charge in [-0.05, 0) is 37.5 Å². The highest BCUT2D eigenvalue weighted by Gasteiger charge is 2.26. The van der Waals surface area contributed by atoms with Crippen molar-refractivity contribution in [3.63, 3.8) is 0 Å². The van der Waals surface area contributed by atoms with Crippen LogP contribution in [0.15, 0.2) is 24.3 Å². The third-order valence-corrected chi connectivity index (χ3v) is 3.19. The van der Waals surface area contributed by atoms with E-state index in [1.165, 1.54) is 0 Å². The molecule has 0 aromatic heterocycles. The first-order valence-corrected chi connectivity index (χ1v) is 6.76. The lowest BCUT2D eigenvalue weighted by Crippen LogP contribution is -2.51. The summed E-state index contributed by atoms with van der Waals surface area (Å²) in [6, 6.07) is 6.62. The van der Waals surface area contributed by atoms with Crippen LogP contribution in [0.5, 0.6) is 0 Å². The fraction of sp³-hybridized carbons (Fsp3) is 0.467. The molecule has 0 fully saturated rings. The third-order valence-electron chi connectivity index (χ3n) is 3.19. The highest BCUT2D eigenvalue weighted by molar-refractivity contribution is 5.87. The molecule has 0 bridgehead atoms. The molecule has 0 heterocycles. The quantitative estimate of drug-likeness (QED) is 0.705. The molecule has 4 N–H and O–H groups in total. The van der Waals surface area contributed by atoms with Crippen molar-refractivity contribution in [2.75, 3.05) is 6.54 Å². The van der Waals surface area contributed by atoms with Crippen molar-refractivity contribution in [2.24, 2.45) is 5.73 Å². The zero-order valence-electron chi connectivity index (χ0n) is 12.0. The van der Waals surface area contributed by atoms with Crippen LogP contribution in [0, 0.1) is 0 Å². The van der Waals surface area contributed by atoms with E-state index in [1.807, 2.05) is 6.92 Å². The van der Waals surface area contributed by atoms with Crippen molar-refractivity contribution in [2.45, 2.75) is 38.6 Å².